The van der Waals surface area contributed by atoms with Crippen molar-refractivity contribution in [2.45, 2.75) is 32.1 Å². The van der Waals surface area contributed by atoms with Crippen molar-refractivity contribution in [2.75, 3.05) is 0 Å². The molecule has 15 heavy (non-hydrogen) atoms. The normalized spacial score (nSPS) is 17.3. The van der Waals surface area contributed by atoms with E-state index in [1.165, 1.54) is 0 Å². The van der Waals surface area contributed by atoms with E-state index in [1.54, 1.807) is 0 Å². The van der Waals surface area contributed by atoms with Crippen molar-refractivity contribution in [3.8, 4) is 6.07 Å². The molecule has 0 heterocycles. The van der Waals surface area contributed by atoms with E-state index in [9.17, 15) is 5.26 Å². The van der Waals surface area contributed by atoms with Gasteiger partial charge in [-0.05, 0) is 49.4 Å². The molecular weight excluding hydrogens is 273 g/mol. The summed E-state index contributed by atoms with van der Waals surface area (Å²) in [7, 11) is 0. The zero-order valence-electron chi connectivity index (χ0n) is 8.69. The molecule has 0 amide bonds. The average molecular weight is 285 g/mol. The van der Waals surface area contributed by atoms with Crippen molar-refractivity contribution < 1.29 is 0 Å². The molecule has 1 aromatic carbocycles. The fourth-order valence-electron chi connectivity index (χ4n) is 1.91. The Hall–Kier alpha value is -0.520. The van der Waals surface area contributed by atoms with Crippen molar-refractivity contribution in [2.24, 2.45) is 0 Å². The van der Waals surface area contributed by atoms with E-state index in [1.807, 2.05) is 19.9 Å². The molecular formula is C12H11BrClN. The Labute approximate surface area is 103 Å². The molecule has 0 bridgehead atoms. The van der Waals surface area contributed by atoms with E-state index in [2.05, 4.69) is 22.0 Å². The summed E-state index contributed by atoms with van der Waals surface area (Å²) in [5, 5.41) is 9.92. The van der Waals surface area contributed by atoms with Gasteiger partial charge in [-0.1, -0.05) is 27.5 Å². The van der Waals surface area contributed by atoms with Crippen molar-refractivity contribution >= 4 is 27.5 Å². The average Bonchev–Trinajstić information content (AvgIpc) is 3.01. The number of halogens is 2. The summed E-state index contributed by atoms with van der Waals surface area (Å²) in [5.74, 6) is 0. The monoisotopic (exact) mass is 283 g/mol. The van der Waals surface area contributed by atoms with Gasteiger partial charge in [-0.25, -0.2) is 0 Å². The largest absolute Gasteiger partial charge is 0.197 e. The lowest BCUT2D eigenvalue weighted by Crippen LogP contribution is -2.06. The Morgan fingerprint density at radius 2 is 2.00 bits per heavy atom. The molecule has 0 radical (unpaired) electrons. The van der Waals surface area contributed by atoms with Crippen LogP contribution in [-0.2, 0) is 5.41 Å². The topological polar surface area (TPSA) is 23.8 Å². The summed E-state index contributed by atoms with van der Waals surface area (Å²) >= 11 is 9.68. The predicted molar refractivity (Wildman–Crippen MR) is 65.2 cm³/mol. The first kappa shape index (κ1) is 11.0. The zero-order chi connectivity index (χ0) is 11.2. The van der Waals surface area contributed by atoms with Crippen molar-refractivity contribution in [3.63, 3.8) is 0 Å². The van der Waals surface area contributed by atoms with E-state index < -0.39 is 0 Å². The first-order chi connectivity index (χ1) is 7.02. The van der Waals surface area contributed by atoms with Gasteiger partial charge in [0.05, 0.1) is 11.5 Å². The third-order valence-corrected chi connectivity index (χ3v) is 4.75. The molecule has 0 saturated heterocycles. The fourth-order valence-corrected chi connectivity index (χ4v) is 2.66. The van der Waals surface area contributed by atoms with Crippen LogP contribution in [0.1, 0.15) is 29.5 Å². The molecule has 1 nitrogen and oxygen atoms in total. The minimum atomic E-state index is -0.260. The summed E-state index contributed by atoms with van der Waals surface area (Å²) in [6, 6.07) is 4.36. The van der Waals surface area contributed by atoms with Gasteiger partial charge in [0.1, 0.15) is 0 Å². The summed E-state index contributed by atoms with van der Waals surface area (Å²) in [6.07, 6.45) is 1.91. The highest BCUT2D eigenvalue weighted by atomic mass is 79.9. The highest BCUT2D eigenvalue weighted by molar-refractivity contribution is 9.10. The molecule has 0 spiro atoms. The fraction of sp³-hybridized carbons (Fsp3) is 0.417. The lowest BCUT2D eigenvalue weighted by Gasteiger charge is -2.15. The highest BCUT2D eigenvalue weighted by Gasteiger charge is 2.46. The van der Waals surface area contributed by atoms with Crippen LogP contribution in [0, 0.1) is 25.2 Å². The molecule has 1 fully saturated rings. The van der Waals surface area contributed by atoms with Gasteiger partial charge in [0.15, 0.2) is 0 Å². The third-order valence-electron chi connectivity index (χ3n) is 3.17. The summed E-state index contributed by atoms with van der Waals surface area (Å²) in [5.41, 5.74) is 3.03. The molecule has 3 heteroatoms. The van der Waals surface area contributed by atoms with E-state index in [0.717, 1.165) is 39.0 Å². The second kappa shape index (κ2) is 3.50. The van der Waals surface area contributed by atoms with Crippen molar-refractivity contribution in [1.29, 1.82) is 5.26 Å². The molecule has 2 rings (SSSR count). The van der Waals surface area contributed by atoms with Gasteiger partial charge < -0.3 is 0 Å². The van der Waals surface area contributed by atoms with Crippen LogP contribution >= 0.6 is 27.5 Å². The molecule has 0 N–H and O–H groups in total. The smallest absolute Gasteiger partial charge is 0.0827 e. The number of hydrogen-bond acceptors (Lipinski definition) is 1. The summed E-state index contributed by atoms with van der Waals surface area (Å²) in [4.78, 5) is 0. The van der Waals surface area contributed by atoms with Gasteiger partial charge in [-0.3, -0.25) is 0 Å². The van der Waals surface area contributed by atoms with Crippen LogP contribution in [0.5, 0.6) is 0 Å². The number of nitriles is 1. The second-order valence-electron chi connectivity index (χ2n) is 4.16. The molecule has 0 aliphatic heterocycles. The number of benzene rings is 1. The van der Waals surface area contributed by atoms with E-state index in [4.69, 9.17) is 11.6 Å². The number of nitrogens with zero attached hydrogens (tertiary/aromatic N) is 1. The highest BCUT2D eigenvalue weighted by Crippen LogP contribution is 2.50. The van der Waals surface area contributed by atoms with Gasteiger partial charge in [0.2, 0.25) is 0 Å². The Balaban J connectivity index is 2.65. The standard InChI is InChI=1S/C12H11BrClN/c1-7-9(12(6-15)3-4-12)5-10(14)8(2)11(7)13/h5H,3-4H2,1-2H3. The predicted octanol–water partition coefficient (Wildman–Crippen LogP) is 4.27. The van der Waals surface area contributed by atoms with Crippen molar-refractivity contribution in [3.05, 3.63) is 32.3 Å². The summed E-state index contributed by atoms with van der Waals surface area (Å²) < 4.78 is 1.03. The van der Waals surface area contributed by atoms with Crippen LogP contribution in [0.3, 0.4) is 0 Å². The van der Waals surface area contributed by atoms with Gasteiger partial charge in [0, 0.05) is 9.50 Å². The van der Waals surface area contributed by atoms with Crippen LogP contribution in [0.4, 0.5) is 0 Å². The molecule has 0 aromatic heterocycles. The Bertz CT molecular complexity index is 469. The minimum absolute atomic E-state index is 0.260. The Morgan fingerprint density at radius 1 is 1.40 bits per heavy atom. The molecule has 0 atom stereocenters. The maximum absolute atomic E-state index is 9.18. The van der Waals surface area contributed by atoms with E-state index in [-0.39, 0.29) is 5.41 Å². The van der Waals surface area contributed by atoms with Crippen LogP contribution in [0.2, 0.25) is 5.02 Å². The SMILES string of the molecule is Cc1c(Cl)cc(C2(C#N)CC2)c(C)c1Br. The summed E-state index contributed by atoms with van der Waals surface area (Å²) in [6.45, 7) is 4.02. The van der Waals surface area contributed by atoms with Crippen LogP contribution in [0.15, 0.2) is 10.5 Å². The van der Waals surface area contributed by atoms with Gasteiger partial charge in [-0.2, -0.15) is 5.26 Å². The maximum Gasteiger partial charge on any atom is 0.0827 e. The molecule has 0 unspecified atom stereocenters. The molecule has 78 valence electrons. The van der Waals surface area contributed by atoms with Crippen LogP contribution in [0.25, 0.3) is 0 Å². The molecule has 1 aliphatic rings. The van der Waals surface area contributed by atoms with E-state index in [0.29, 0.717) is 0 Å². The van der Waals surface area contributed by atoms with Crippen LogP contribution < -0.4 is 0 Å². The second-order valence-corrected chi connectivity index (χ2v) is 5.36. The molecule has 1 aromatic rings. The van der Waals surface area contributed by atoms with E-state index >= 15 is 0 Å². The lowest BCUT2D eigenvalue weighted by atomic mass is 9.92. The molecule has 1 aliphatic carbocycles. The van der Waals surface area contributed by atoms with Gasteiger partial charge in [0.25, 0.3) is 0 Å². The quantitative estimate of drug-likeness (QED) is 0.755. The van der Waals surface area contributed by atoms with Gasteiger partial charge >= 0.3 is 0 Å². The first-order valence-corrected chi connectivity index (χ1v) is 6.06. The number of hydrogen-bond donors (Lipinski definition) is 0. The number of rotatable bonds is 1. The molecule has 1 saturated carbocycles. The zero-order valence-corrected chi connectivity index (χ0v) is 11.0. The third kappa shape index (κ3) is 1.58. The van der Waals surface area contributed by atoms with Crippen molar-refractivity contribution in [1.82, 2.24) is 0 Å². The lowest BCUT2D eigenvalue weighted by molar-refractivity contribution is 0.891. The van der Waals surface area contributed by atoms with Gasteiger partial charge in [-0.15, -0.1) is 0 Å². The maximum atomic E-state index is 9.18. The minimum Gasteiger partial charge on any atom is -0.197 e. The Kier molecular flexibility index (Phi) is 2.56. The Morgan fingerprint density at radius 3 is 2.47 bits per heavy atom. The first-order valence-electron chi connectivity index (χ1n) is 4.89. The van der Waals surface area contributed by atoms with Crippen LogP contribution in [-0.4, -0.2) is 0 Å².